The van der Waals surface area contributed by atoms with Crippen LogP contribution in [-0.4, -0.2) is 16.2 Å². The molecule has 0 spiro atoms. The Hall–Kier alpha value is -2.57. The lowest BCUT2D eigenvalue weighted by Gasteiger charge is -2.11. The Bertz CT molecular complexity index is 780. The van der Waals surface area contributed by atoms with Crippen molar-refractivity contribution in [2.75, 3.05) is 12.8 Å². The van der Waals surface area contributed by atoms with E-state index in [1.54, 1.807) is 13.0 Å². The van der Waals surface area contributed by atoms with Crippen molar-refractivity contribution in [2.45, 2.75) is 20.0 Å². The highest BCUT2D eigenvalue weighted by Crippen LogP contribution is 2.20. The molecule has 0 aliphatic carbocycles. The van der Waals surface area contributed by atoms with Gasteiger partial charge in [-0.3, -0.25) is 13.9 Å². The molecule has 0 fully saturated rings. The molecule has 0 saturated heterocycles. The van der Waals surface area contributed by atoms with Crippen LogP contribution in [0.3, 0.4) is 0 Å². The van der Waals surface area contributed by atoms with Crippen molar-refractivity contribution in [1.29, 1.82) is 0 Å². The number of aromatic nitrogens is 2. The molecule has 2 N–H and O–H groups in total. The molecule has 0 amide bonds. The van der Waals surface area contributed by atoms with E-state index in [1.807, 2.05) is 0 Å². The molecular weight excluding hydrogens is 277 g/mol. The van der Waals surface area contributed by atoms with Gasteiger partial charge in [-0.05, 0) is 13.0 Å². The maximum Gasteiger partial charge on any atom is 0.331 e. The van der Waals surface area contributed by atoms with Crippen LogP contribution in [0.1, 0.15) is 12.5 Å². The van der Waals surface area contributed by atoms with Gasteiger partial charge in [-0.1, -0.05) is 12.1 Å². The fourth-order valence-corrected chi connectivity index (χ4v) is 2.05. The van der Waals surface area contributed by atoms with Gasteiger partial charge in [-0.25, -0.2) is 9.18 Å². The van der Waals surface area contributed by atoms with E-state index in [0.29, 0.717) is 6.54 Å². The molecule has 6 nitrogen and oxygen atoms in total. The highest BCUT2D eigenvalue weighted by atomic mass is 19.1. The van der Waals surface area contributed by atoms with Crippen molar-refractivity contribution in [1.82, 2.24) is 9.13 Å². The minimum atomic E-state index is -0.632. The lowest BCUT2D eigenvalue weighted by atomic mass is 10.2. The average molecular weight is 293 g/mol. The quantitative estimate of drug-likeness (QED) is 0.904. The summed E-state index contributed by atoms with van der Waals surface area (Å²) in [6.07, 6.45) is 1.29. The lowest BCUT2D eigenvalue weighted by Crippen LogP contribution is -2.40. The van der Waals surface area contributed by atoms with E-state index in [-0.39, 0.29) is 23.5 Å². The highest BCUT2D eigenvalue weighted by Gasteiger charge is 2.13. The molecule has 0 atom stereocenters. The maximum absolute atomic E-state index is 14.1. The first-order valence-corrected chi connectivity index (χ1v) is 6.40. The standard InChI is InChI=1S/C14H16FN3O3/c1-3-17-8-10(16)13(19)18(14(17)20)7-9-5-4-6-11(21-2)12(9)15/h4-6,8H,3,7,16H2,1-2H3. The van der Waals surface area contributed by atoms with Crippen molar-refractivity contribution in [3.05, 3.63) is 56.6 Å². The van der Waals surface area contributed by atoms with Gasteiger partial charge in [0.25, 0.3) is 5.56 Å². The van der Waals surface area contributed by atoms with Gasteiger partial charge < -0.3 is 10.5 Å². The predicted octanol–water partition coefficient (Wildman–Crippen LogP) is 0.808. The second-order valence-electron chi connectivity index (χ2n) is 4.48. The number of ether oxygens (including phenoxy) is 1. The smallest absolute Gasteiger partial charge is 0.331 e. The van der Waals surface area contributed by atoms with Crippen LogP contribution < -0.4 is 21.7 Å². The Labute approximate surface area is 120 Å². The number of methoxy groups -OCH3 is 1. The zero-order valence-corrected chi connectivity index (χ0v) is 11.8. The topological polar surface area (TPSA) is 79.2 Å². The summed E-state index contributed by atoms with van der Waals surface area (Å²) in [5, 5.41) is 0. The number of benzene rings is 1. The lowest BCUT2D eigenvalue weighted by molar-refractivity contribution is 0.383. The summed E-state index contributed by atoms with van der Waals surface area (Å²) >= 11 is 0. The third-order valence-corrected chi connectivity index (χ3v) is 3.20. The maximum atomic E-state index is 14.1. The van der Waals surface area contributed by atoms with Crippen molar-refractivity contribution < 1.29 is 9.13 Å². The van der Waals surface area contributed by atoms with Gasteiger partial charge in [0, 0.05) is 18.3 Å². The molecule has 0 aliphatic heterocycles. The first-order valence-electron chi connectivity index (χ1n) is 6.40. The van der Waals surface area contributed by atoms with Crippen LogP contribution in [0.5, 0.6) is 5.75 Å². The third kappa shape index (κ3) is 2.67. The first kappa shape index (κ1) is 14.8. The van der Waals surface area contributed by atoms with Crippen molar-refractivity contribution in [2.24, 2.45) is 0 Å². The largest absolute Gasteiger partial charge is 0.494 e. The molecule has 0 radical (unpaired) electrons. The van der Waals surface area contributed by atoms with E-state index in [2.05, 4.69) is 0 Å². The predicted molar refractivity (Wildman–Crippen MR) is 77.1 cm³/mol. The molecule has 1 aromatic carbocycles. The summed E-state index contributed by atoms with van der Waals surface area (Å²) in [5.74, 6) is -0.544. The van der Waals surface area contributed by atoms with Gasteiger partial charge in [0.2, 0.25) is 0 Å². The van der Waals surface area contributed by atoms with Crippen molar-refractivity contribution >= 4 is 5.69 Å². The molecule has 0 aliphatic rings. The normalized spacial score (nSPS) is 10.6. The minimum Gasteiger partial charge on any atom is -0.494 e. The number of nitrogen functional groups attached to an aromatic ring is 1. The second kappa shape index (κ2) is 5.82. The molecule has 2 aromatic rings. The molecule has 0 unspecified atom stereocenters. The van der Waals surface area contributed by atoms with E-state index in [1.165, 1.54) is 30.0 Å². The molecule has 1 aromatic heterocycles. The number of aryl methyl sites for hydroxylation is 1. The molecular formula is C14H16FN3O3. The van der Waals surface area contributed by atoms with E-state index < -0.39 is 17.1 Å². The monoisotopic (exact) mass is 293 g/mol. The summed E-state index contributed by atoms with van der Waals surface area (Å²) in [4.78, 5) is 24.2. The van der Waals surface area contributed by atoms with Crippen molar-refractivity contribution in [3.8, 4) is 5.75 Å². The highest BCUT2D eigenvalue weighted by molar-refractivity contribution is 5.33. The number of hydrogen-bond acceptors (Lipinski definition) is 4. The SMILES string of the molecule is CCn1cc(N)c(=O)n(Cc2cccc(OC)c2F)c1=O. The molecule has 7 heteroatoms. The summed E-state index contributed by atoms with van der Waals surface area (Å²) in [5.41, 5.74) is 4.57. The van der Waals surface area contributed by atoms with Gasteiger partial charge in [0.1, 0.15) is 5.69 Å². The van der Waals surface area contributed by atoms with E-state index in [4.69, 9.17) is 10.5 Å². The number of halogens is 1. The second-order valence-corrected chi connectivity index (χ2v) is 4.48. The number of hydrogen-bond donors (Lipinski definition) is 1. The minimum absolute atomic E-state index is 0.0558. The van der Waals surface area contributed by atoms with Crippen LogP contribution in [0.4, 0.5) is 10.1 Å². The Balaban J connectivity index is 2.57. The molecule has 0 bridgehead atoms. The fraction of sp³-hybridized carbons (Fsp3) is 0.286. The first-order chi connectivity index (χ1) is 9.99. The van der Waals surface area contributed by atoms with Crippen LogP contribution in [-0.2, 0) is 13.1 Å². The molecule has 1 heterocycles. The Kier molecular flexibility index (Phi) is 4.11. The molecule has 21 heavy (non-hydrogen) atoms. The van der Waals surface area contributed by atoms with Gasteiger partial charge in [-0.15, -0.1) is 0 Å². The third-order valence-electron chi connectivity index (χ3n) is 3.20. The van der Waals surface area contributed by atoms with Crippen LogP contribution in [0.25, 0.3) is 0 Å². The Morgan fingerprint density at radius 2 is 2.05 bits per heavy atom. The zero-order valence-electron chi connectivity index (χ0n) is 11.8. The Morgan fingerprint density at radius 3 is 2.67 bits per heavy atom. The molecule has 112 valence electrons. The zero-order chi connectivity index (χ0) is 15.6. The van der Waals surface area contributed by atoms with Crippen LogP contribution in [0.15, 0.2) is 34.0 Å². The van der Waals surface area contributed by atoms with Crippen LogP contribution in [0, 0.1) is 5.82 Å². The van der Waals surface area contributed by atoms with E-state index in [9.17, 15) is 14.0 Å². The Morgan fingerprint density at radius 1 is 1.33 bits per heavy atom. The number of nitrogens with zero attached hydrogens (tertiary/aromatic N) is 2. The van der Waals surface area contributed by atoms with Gasteiger partial charge >= 0.3 is 5.69 Å². The summed E-state index contributed by atoms with van der Waals surface area (Å²) in [6, 6.07) is 4.54. The van der Waals surface area contributed by atoms with Crippen LogP contribution >= 0.6 is 0 Å². The summed E-state index contributed by atoms with van der Waals surface area (Å²) < 4.78 is 21.2. The summed E-state index contributed by atoms with van der Waals surface area (Å²) in [6.45, 7) is 1.91. The van der Waals surface area contributed by atoms with Gasteiger partial charge in [0.15, 0.2) is 11.6 Å². The van der Waals surface area contributed by atoms with Gasteiger partial charge in [0.05, 0.1) is 13.7 Å². The summed E-state index contributed by atoms with van der Waals surface area (Å²) in [7, 11) is 1.35. The number of anilines is 1. The van der Waals surface area contributed by atoms with Crippen molar-refractivity contribution in [3.63, 3.8) is 0 Å². The molecule has 0 saturated carbocycles. The van der Waals surface area contributed by atoms with E-state index >= 15 is 0 Å². The molecule has 2 rings (SSSR count). The van der Waals surface area contributed by atoms with Crippen LogP contribution in [0.2, 0.25) is 0 Å². The average Bonchev–Trinajstić information content (AvgIpc) is 2.49. The number of nitrogens with two attached hydrogens (primary N) is 1. The van der Waals surface area contributed by atoms with E-state index in [0.717, 1.165) is 4.57 Å². The van der Waals surface area contributed by atoms with Gasteiger partial charge in [-0.2, -0.15) is 0 Å². The fourth-order valence-electron chi connectivity index (χ4n) is 2.05. The number of rotatable bonds is 4.